The van der Waals surface area contributed by atoms with Crippen LogP contribution in [0.3, 0.4) is 0 Å². The van der Waals surface area contributed by atoms with Crippen molar-refractivity contribution in [3.05, 3.63) is 54.0 Å². The van der Waals surface area contributed by atoms with Gasteiger partial charge in [0.2, 0.25) is 0 Å². The molecule has 4 rings (SSSR count). The zero-order valence-corrected chi connectivity index (χ0v) is 16.7. The van der Waals surface area contributed by atoms with Crippen LogP contribution in [0.1, 0.15) is 31.1 Å². The summed E-state index contributed by atoms with van der Waals surface area (Å²) in [5, 5.41) is 0.585. The molecule has 1 aromatic heterocycles. The maximum atomic E-state index is 13.9. The number of nitrogens with zero attached hydrogens (tertiary/aromatic N) is 1. The Kier molecular flexibility index (Phi) is 4.23. The van der Waals surface area contributed by atoms with Crippen LogP contribution in [0.25, 0.3) is 22.0 Å². The van der Waals surface area contributed by atoms with Crippen LogP contribution in [0.5, 0.6) is 0 Å². The molecule has 0 radical (unpaired) electrons. The van der Waals surface area contributed by atoms with E-state index < -0.39 is 34.2 Å². The fourth-order valence-electron chi connectivity index (χ4n) is 3.25. The minimum atomic E-state index is -3.36. The molecule has 0 saturated heterocycles. The van der Waals surface area contributed by atoms with Crippen LogP contribution in [0.2, 0.25) is 0 Å². The lowest BCUT2D eigenvalue weighted by atomic mass is 10.0. The van der Waals surface area contributed by atoms with Gasteiger partial charge in [-0.15, -0.1) is 0 Å². The number of aromatic nitrogens is 1. The number of hydrogen-bond acceptors (Lipinski definition) is 5. The van der Waals surface area contributed by atoms with Crippen LogP contribution >= 0.6 is 10.8 Å². The smallest absolute Gasteiger partial charge is 0.419 e. The molecule has 0 aliphatic carbocycles. The Balaban J connectivity index is 1.89. The molecule has 1 amide bonds. The van der Waals surface area contributed by atoms with Gasteiger partial charge < -0.3 is 4.74 Å². The Labute approximate surface area is 167 Å². The molecule has 0 bridgehead atoms. The van der Waals surface area contributed by atoms with Crippen molar-refractivity contribution >= 4 is 33.7 Å². The second-order valence-corrected chi connectivity index (χ2v) is 9.49. The number of ether oxygens (including phenoxy) is 1. The third kappa shape index (κ3) is 3.37. The number of fused-ring (bicyclic) bond motifs is 2. The molecule has 0 spiro atoms. The van der Waals surface area contributed by atoms with Crippen LogP contribution in [-0.4, -0.2) is 31.3 Å². The van der Waals surface area contributed by atoms with Gasteiger partial charge in [0.1, 0.15) is 11.4 Å². The lowest BCUT2D eigenvalue weighted by molar-refractivity contribution is 0.0544. The molecule has 7 nitrogen and oxygen atoms in total. The molecular formula is C20H19FN2O5S. The fourth-order valence-corrected chi connectivity index (χ4v) is 4.45. The predicted molar refractivity (Wildman–Crippen MR) is 108 cm³/mol. The number of carbonyl (C=O) groups excluding carboxylic acids is 2. The van der Waals surface area contributed by atoms with Crippen LogP contribution in [0.15, 0.2) is 47.5 Å². The van der Waals surface area contributed by atoms with Crippen molar-refractivity contribution in [2.75, 3.05) is 0 Å². The molecule has 0 unspecified atom stereocenters. The number of hydrogen-bond donors (Lipinski definition) is 3. The van der Waals surface area contributed by atoms with Crippen molar-refractivity contribution in [1.82, 2.24) is 9.29 Å². The number of benzene rings is 2. The number of nitrogens with one attached hydrogen (secondary N) is 1. The summed E-state index contributed by atoms with van der Waals surface area (Å²) >= 11 is 0. The zero-order valence-electron chi connectivity index (χ0n) is 15.9. The Morgan fingerprint density at radius 3 is 2.55 bits per heavy atom. The van der Waals surface area contributed by atoms with Gasteiger partial charge in [-0.05, 0) is 56.7 Å². The van der Waals surface area contributed by atoms with E-state index in [1.165, 1.54) is 35.0 Å². The third-order valence-corrected chi connectivity index (χ3v) is 5.87. The molecule has 0 saturated carbocycles. The van der Waals surface area contributed by atoms with Gasteiger partial charge in [-0.2, -0.15) is 0 Å². The normalized spacial score (nSPS) is 16.4. The summed E-state index contributed by atoms with van der Waals surface area (Å²) < 4.78 is 42.6. The van der Waals surface area contributed by atoms with E-state index in [1.807, 2.05) is 0 Å². The Morgan fingerprint density at radius 1 is 1.14 bits per heavy atom. The highest BCUT2D eigenvalue weighted by molar-refractivity contribution is 8.23. The Morgan fingerprint density at radius 2 is 1.86 bits per heavy atom. The minimum absolute atomic E-state index is 0.119. The number of carbonyl (C=O) groups is 2. The van der Waals surface area contributed by atoms with Crippen LogP contribution < -0.4 is 4.72 Å². The van der Waals surface area contributed by atoms with Crippen LogP contribution in [0, 0.1) is 5.82 Å². The fraction of sp³-hybridized carbons (Fsp3) is 0.200. The van der Waals surface area contributed by atoms with Gasteiger partial charge in [-0.3, -0.25) is 18.5 Å². The molecule has 3 N–H and O–H groups in total. The van der Waals surface area contributed by atoms with Crippen molar-refractivity contribution in [3.8, 4) is 11.1 Å². The minimum Gasteiger partial charge on any atom is -0.443 e. The van der Waals surface area contributed by atoms with Gasteiger partial charge in [0, 0.05) is 17.1 Å². The maximum Gasteiger partial charge on any atom is 0.419 e. The summed E-state index contributed by atoms with van der Waals surface area (Å²) in [5.74, 6) is -1.10. The molecule has 3 aromatic rings. The first-order chi connectivity index (χ1) is 13.5. The second kappa shape index (κ2) is 6.31. The van der Waals surface area contributed by atoms with Crippen molar-refractivity contribution in [1.29, 1.82) is 0 Å². The van der Waals surface area contributed by atoms with Crippen LogP contribution in [-0.2, 0) is 4.74 Å². The van der Waals surface area contributed by atoms with E-state index in [4.69, 9.17) is 4.74 Å². The van der Waals surface area contributed by atoms with Crippen molar-refractivity contribution < 1.29 is 27.8 Å². The number of amides is 1. The van der Waals surface area contributed by atoms with E-state index in [0.717, 1.165) is 0 Å². The van der Waals surface area contributed by atoms with Crippen molar-refractivity contribution in [3.63, 3.8) is 0 Å². The van der Waals surface area contributed by atoms with Crippen LogP contribution in [0.4, 0.5) is 9.18 Å². The molecule has 2 heterocycles. The highest BCUT2D eigenvalue weighted by Gasteiger charge is 2.33. The third-order valence-electron chi connectivity index (χ3n) is 4.43. The van der Waals surface area contributed by atoms with Gasteiger partial charge in [0.15, 0.2) is 0 Å². The first-order valence-electron chi connectivity index (χ1n) is 8.75. The summed E-state index contributed by atoms with van der Waals surface area (Å²) in [6, 6.07) is 8.65. The van der Waals surface area contributed by atoms with E-state index in [2.05, 4.69) is 4.72 Å². The van der Waals surface area contributed by atoms with E-state index in [-0.39, 0.29) is 10.5 Å². The average molecular weight is 418 g/mol. The Bertz CT molecular complexity index is 1180. The highest BCUT2D eigenvalue weighted by atomic mass is 32.3. The first-order valence-corrected chi connectivity index (χ1v) is 10.3. The predicted octanol–water partition coefficient (Wildman–Crippen LogP) is 5.00. The van der Waals surface area contributed by atoms with E-state index in [0.29, 0.717) is 22.0 Å². The van der Waals surface area contributed by atoms with Gasteiger partial charge in [0.05, 0.1) is 16.0 Å². The quantitative estimate of drug-likeness (QED) is 0.516. The van der Waals surface area contributed by atoms with E-state index in [1.54, 1.807) is 32.9 Å². The summed E-state index contributed by atoms with van der Waals surface area (Å²) in [6.07, 6.45) is 0.859. The lowest BCUT2D eigenvalue weighted by Gasteiger charge is -2.26. The van der Waals surface area contributed by atoms with Gasteiger partial charge in [0.25, 0.3) is 5.91 Å². The van der Waals surface area contributed by atoms with Gasteiger partial charge in [-0.1, -0.05) is 16.8 Å². The topological polar surface area (TPSA) is 101 Å². The summed E-state index contributed by atoms with van der Waals surface area (Å²) in [6.45, 7) is 5.20. The SMILES string of the molecule is CC(C)(C)OC(=O)n1cc(-c2ccc3c(c2)C(=O)NS3(O)O)c2ccc(F)cc21. The van der Waals surface area contributed by atoms with E-state index >= 15 is 0 Å². The Hall–Kier alpha value is -2.88. The summed E-state index contributed by atoms with van der Waals surface area (Å²) in [4.78, 5) is 24.9. The monoisotopic (exact) mass is 418 g/mol. The summed E-state index contributed by atoms with van der Waals surface area (Å²) in [5.41, 5.74) is 0.868. The molecule has 2 aromatic carbocycles. The molecule has 1 aliphatic heterocycles. The van der Waals surface area contributed by atoms with Crippen molar-refractivity contribution in [2.45, 2.75) is 31.3 Å². The summed E-state index contributed by atoms with van der Waals surface area (Å²) in [7, 11) is -3.36. The molecule has 0 atom stereocenters. The molecule has 152 valence electrons. The maximum absolute atomic E-state index is 13.9. The molecule has 29 heavy (non-hydrogen) atoms. The largest absolute Gasteiger partial charge is 0.443 e. The number of halogens is 1. The highest BCUT2D eigenvalue weighted by Crippen LogP contribution is 2.51. The molecular weight excluding hydrogens is 399 g/mol. The van der Waals surface area contributed by atoms with E-state index in [9.17, 15) is 23.1 Å². The number of rotatable bonds is 1. The average Bonchev–Trinajstić information content (AvgIpc) is 3.08. The van der Waals surface area contributed by atoms with Gasteiger partial charge >= 0.3 is 6.09 Å². The lowest BCUT2D eigenvalue weighted by Crippen LogP contribution is -2.26. The van der Waals surface area contributed by atoms with Crippen molar-refractivity contribution in [2.24, 2.45) is 0 Å². The van der Waals surface area contributed by atoms with Gasteiger partial charge in [-0.25, -0.2) is 13.9 Å². The molecule has 9 heteroatoms. The molecule has 0 fully saturated rings. The standard InChI is InChI=1S/C20H19FN2O5S/c1-20(2,3)28-19(25)23-10-15(13-6-5-12(21)9-16(13)23)11-4-7-17-14(8-11)18(24)22-29(17,26)27/h4-10,26-27H,1-3H3,(H,22,24). The second-order valence-electron chi connectivity index (χ2n) is 7.75. The molecule has 1 aliphatic rings. The first kappa shape index (κ1) is 19.4. The zero-order chi connectivity index (χ0) is 21.1.